The minimum Gasteiger partial charge on any atom is -0.346 e. The van der Waals surface area contributed by atoms with Crippen molar-refractivity contribution >= 4 is 5.91 Å². The maximum Gasteiger partial charge on any atom is 0.265 e. The van der Waals surface area contributed by atoms with E-state index in [0.717, 1.165) is 0 Å². The van der Waals surface area contributed by atoms with E-state index in [1.165, 1.54) is 12.3 Å². The lowest BCUT2D eigenvalue weighted by molar-refractivity contribution is -0.116. The summed E-state index contributed by atoms with van der Waals surface area (Å²) >= 11 is 0. The van der Waals surface area contributed by atoms with E-state index >= 15 is 0 Å². The van der Waals surface area contributed by atoms with Crippen LogP contribution < -0.4 is 5.43 Å². The van der Waals surface area contributed by atoms with Gasteiger partial charge in [-0.05, 0) is 17.7 Å². The Morgan fingerprint density at radius 2 is 1.48 bits per heavy atom. The van der Waals surface area contributed by atoms with E-state index in [9.17, 15) is 4.79 Å². The van der Waals surface area contributed by atoms with Gasteiger partial charge in [0.1, 0.15) is 6.26 Å². The highest BCUT2D eigenvalue weighted by Gasteiger charge is 1.89. The molecule has 1 aliphatic heterocycles. The quantitative estimate of drug-likeness (QED) is 0.737. The van der Waals surface area contributed by atoms with E-state index in [4.69, 9.17) is 4.84 Å². The van der Waals surface area contributed by atoms with Crippen LogP contribution in [0.4, 0.5) is 0 Å². The summed E-state index contributed by atoms with van der Waals surface area (Å²) in [5.74, 6) is -0.363. The van der Waals surface area contributed by atoms with Gasteiger partial charge < -0.3 is 4.84 Å². The Morgan fingerprint density at radius 3 is 2.19 bits per heavy atom. The molecule has 1 aliphatic rings. The fourth-order valence-corrected chi connectivity index (χ4v) is 1.16. The second kappa shape index (κ2) is 12.1. The maximum absolute atomic E-state index is 11.3. The number of hydrogen-bond acceptors (Lipinski definition) is 4. The molecule has 0 fully saturated rings. The Bertz CT molecular complexity index is 536. The normalized spacial score (nSPS) is 28.9. The molecule has 0 aromatic rings. The molecule has 0 atom stereocenters. The third kappa shape index (κ3) is 10.6. The number of amides is 1. The smallest absolute Gasteiger partial charge is 0.265 e. The highest BCUT2D eigenvalue weighted by Crippen LogP contribution is 1.90. The molecular formula is C16H17N3O2. The van der Waals surface area contributed by atoms with E-state index in [1.807, 2.05) is 54.7 Å². The lowest BCUT2D eigenvalue weighted by Crippen LogP contribution is -2.12. The Morgan fingerprint density at radius 1 is 0.857 bits per heavy atom. The largest absolute Gasteiger partial charge is 0.346 e. The summed E-state index contributed by atoms with van der Waals surface area (Å²) in [5, 5.41) is 6.67. The molecule has 0 aromatic heterocycles. The van der Waals surface area contributed by atoms with Crippen LogP contribution in [0.15, 0.2) is 95.8 Å². The van der Waals surface area contributed by atoms with Gasteiger partial charge in [0.05, 0.1) is 5.28 Å². The molecule has 5 nitrogen and oxygen atoms in total. The van der Waals surface area contributed by atoms with Crippen LogP contribution in [-0.2, 0) is 9.63 Å². The Kier molecular flexibility index (Phi) is 9.28. The van der Waals surface area contributed by atoms with E-state index < -0.39 is 0 Å². The standard InChI is InChI=1S/C16H17N3O2/c20-16-14-12-10-8-6-4-2-1-3-5-7-9-11-13-15-21-19-18-17-16/h1-9,11-15H,10H2,(H,17,19,20)/b3-1-,4-2-,7-5-,8-6-,11-9-,14-12-,15-13-. The van der Waals surface area contributed by atoms with Gasteiger partial charge in [-0.25, -0.2) is 5.43 Å². The van der Waals surface area contributed by atoms with Crippen LogP contribution in [0.3, 0.4) is 0 Å². The fourth-order valence-electron chi connectivity index (χ4n) is 1.16. The van der Waals surface area contributed by atoms with E-state index in [-0.39, 0.29) is 5.91 Å². The van der Waals surface area contributed by atoms with Crippen LogP contribution >= 0.6 is 0 Å². The summed E-state index contributed by atoms with van der Waals surface area (Å²) in [6, 6.07) is 0. The van der Waals surface area contributed by atoms with Crippen molar-refractivity contribution in [3.8, 4) is 0 Å². The average Bonchev–Trinajstić information content (AvgIpc) is 2.48. The minimum atomic E-state index is -0.363. The van der Waals surface area contributed by atoms with Gasteiger partial charge in [0.25, 0.3) is 5.91 Å². The van der Waals surface area contributed by atoms with Crippen LogP contribution in [0.1, 0.15) is 6.42 Å². The summed E-state index contributed by atoms with van der Waals surface area (Å²) in [6.07, 6.45) is 25.7. The van der Waals surface area contributed by atoms with Gasteiger partial charge in [-0.3, -0.25) is 4.79 Å². The number of rotatable bonds is 0. The van der Waals surface area contributed by atoms with Crippen molar-refractivity contribution in [3.63, 3.8) is 0 Å². The molecule has 108 valence electrons. The van der Waals surface area contributed by atoms with E-state index in [1.54, 1.807) is 18.2 Å². The van der Waals surface area contributed by atoms with Gasteiger partial charge >= 0.3 is 0 Å². The molecule has 0 aliphatic carbocycles. The molecule has 0 aromatic carbocycles. The minimum absolute atomic E-state index is 0.363. The molecule has 21 heavy (non-hydrogen) atoms. The zero-order valence-electron chi connectivity index (χ0n) is 11.5. The van der Waals surface area contributed by atoms with Crippen LogP contribution in [0.5, 0.6) is 0 Å². The summed E-state index contributed by atoms with van der Waals surface area (Å²) < 4.78 is 0. The molecule has 0 radical (unpaired) electrons. The first kappa shape index (κ1) is 16.1. The molecular weight excluding hydrogens is 266 g/mol. The van der Waals surface area contributed by atoms with Gasteiger partial charge in [0.2, 0.25) is 0 Å². The van der Waals surface area contributed by atoms with Gasteiger partial charge in [-0.15, -0.1) is 0 Å². The third-order valence-corrected chi connectivity index (χ3v) is 2.07. The predicted molar refractivity (Wildman–Crippen MR) is 82.7 cm³/mol. The summed E-state index contributed by atoms with van der Waals surface area (Å²) in [4.78, 5) is 16.0. The summed E-state index contributed by atoms with van der Waals surface area (Å²) in [7, 11) is 0. The Balaban J connectivity index is 2.61. The first-order chi connectivity index (χ1) is 10.4. The van der Waals surface area contributed by atoms with Crippen molar-refractivity contribution in [2.45, 2.75) is 6.42 Å². The topological polar surface area (TPSA) is 63.0 Å². The molecule has 0 bridgehead atoms. The number of hydrogen-bond donors (Lipinski definition) is 1. The van der Waals surface area contributed by atoms with Crippen molar-refractivity contribution in [1.29, 1.82) is 0 Å². The predicted octanol–water partition coefficient (Wildman–Crippen LogP) is 3.66. The van der Waals surface area contributed by atoms with Crippen LogP contribution in [0.25, 0.3) is 0 Å². The third-order valence-electron chi connectivity index (χ3n) is 2.07. The molecule has 5 heteroatoms. The van der Waals surface area contributed by atoms with Gasteiger partial charge in [-0.1, -0.05) is 66.8 Å². The highest BCUT2D eigenvalue weighted by molar-refractivity contribution is 5.86. The Hall–Kier alpha value is -2.95. The van der Waals surface area contributed by atoms with Crippen molar-refractivity contribution in [1.82, 2.24) is 5.43 Å². The number of nitrogens with zero attached hydrogens (tertiary/aromatic N) is 2. The SMILES string of the molecule is O=C1/C=C\C\C=C/C=C\C=C/C=C\C=C/C=C\O/N=N\N1. The Labute approximate surface area is 124 Å². The van der Waals surface area contributed by atoms with Crippen molar-refractivity contribution in [2.75, 3.05) is 0 Å². The number of allylic oxidation sites excluding steroid dienone is 12. The van der Waals surface area contributed by atoms with Crippen molar-refractivity contribution < 1.29 is 9.63 Å². The second-order valence-electron chi connectivity index (χ2n) is 3.70. The first-order valence-corrected chi connectivity index (χ1v) is 6.40. The molecule has 0 spiro atoms. The highest BCUT2D eigenvalue weighted by atomic mass is 16.6. The van der Waals surface area contributed by atoms with Crippen molar-refractivity contribution in [2.24, 2.45) is 10.5 Å². The lowest BCUT2D eigenvalue weighted by Gasteiger charge is -1.89. The number of nitrogens with one attached hydrogen (secondary N) is 1. The van der Waals surface area contributed by atoms with E-state index in [0.29, 0.717) is 6.42 Å². The zero-order valence-corrected chi connectivity index (χ0v) is 11.5. The number of carbonyl (C=O) groups is 1. The van der Waals surface area contributed by atoms with E-state index in [2.05, 4.69) is 15.9 Å². The van der Waals surface area contributed by atoms with Crippen LogP contribution in [0.2, 0.25) is 0 Å². The average molecular weight is 283 g/mol. The summed E-state index contributed by atoms with van der Waals surface area (Å²) in [5.41, 5.74) is 2.20. The monoisotopic (exact) mass is 283 g/mol. The molecule has 0 saturated heterocycles. The molecule has 1 amide bonds. The second-order valence-corrected chi connectivity index (χ2v) is 3.70. The fraction of sp³-hybridized carbons (Fsp3) is 0.0625. The van der Waals surface area contributed by atoms with Gasteiger partial charge in [-0.2, -0.15) is 0 Å². The molecule has 1 N–H and O–H groups in total. The van der Waals surface area contributed by atoms with Gasteiger partial charge in [0, 0.05) is 6.08 Å². The molecule has 1 rings (SSSR count). The first-order valence-electron chi connectivity index (χ1n) is 6.40. The van der Waals surface area contributed by atoms with Crippen molar-refractivity contribution in [3.05, 3.63) is 85.3 Å². The van der Waals surface area contributed by atoms with Gasteiger partial charge in [0.15, 0.2) is 0 Å². The molecule has 0 unspecified atom stereocenters. The lowest BCUT2D eigenvalue weighted by atomic mass is 10.3. The number of carbonyl (C=O) groups excluding carboxylic acids is 1. The van der Waals surface area contributed by atoms with Crippen LogP contribution in [0, 0.1) is 0 Å². The maximum atomic E-state index is 11.3. The summed E-state index contributed by atoms with van der Waals surface area (Å²) in [6.45, 7) is 0. The zero-order chi connectivity index (χ0) is 15.0. The molecule has 1 heterocycles. The molecule has 0 saturated carbocycles. The van der Waals surface area contributed by atoms with Crippen LogP contribution in [-0.4, -0.2) is 5.91 Å².